The third-order valence-corrected chi connectivity index (χ3v) is 2.71. The molecule has 2 unspecified atom stereocenters. The summed E-state index contributed by atoms with van der Waals surface area (Å²) < 4.78 is 0. The summed E-state index contributed by atoms with van der Waals surface area (Å²) in [6, 6.07) is 1.65. The van der Waals surface area contributed by atoms with Crippen LogP contribution in [0, 0.1) is 5.92 Å². The molecule has 0 spiro atoms. The van der Waals surface area contributed by atoms with E-state index in [-0.39, 0.29) is 0 Å². The van der Waals surface area contributed by atoms with Gasteiger partial charge in [-0.1, -0.05) is 13.8 Å². The van der Waals surface area contributed by atoms with Crippen LogP contribution in [0.2, 0.25) is 0 Å². The van der Waals surface area contributed by atoms with Gasteiger partial charge in [0.2, 0.25) is 0 Å². The summed E-state index contributed by atoms with van der Waals surface area (Å²) in [6.07, 6.45) is 2.79. The Morgan fingerprint density at radius 2 is 1.64 bits per heavy atom. The molecular weight excluding hydrogens is 134 g/mol. The monoisotopic (exact) mass is 155 g/mol. The average molecular weight is 155 g/mol. The lowest BCUT2D eigenvalue weighted by molar-refractivity contribution is 0.190. The van der Waals surface area contributed by atoms with Gasteiger partial charge in [0, 0.05) is 18.6 Å². The first-order valence-corrected chi connectivity index (χ1v) is 4.87. The van der Waals surface area contributed by atoms with Crippen LogP contribution in [0.25, 0.3) is 0 Å². The summed E-state index contributed by atoms with van der Waals surface area (Å²) in [4.78, 5) is 2.64. The van der Waals surface area contributed by atoms with E-state index in [1.54, 1.807) is 0 Å². The third kappa shape index (κ3) is 2.19. The van der Waals surface area contributed by atoms with Gasteiger partial charge in [0.25, 0.3) is 0 Å². The maximum absolute atomic E-state index is 2.64. The van der Waals surface area contributed by atoms with Crippen molar-refractivity contribution < 1.29 is 0 Å². The molecule has 0 aromatic rings. The van der Waals surface area contributed by atoms with Crippen molar-refractivity contribution in [2.24, 2.45) is 5.92 Å². The molecule has 0 radical (unpaired) electrons. The molecule has 0 aliphatic carbocycles. The van der Waals surface area contributed by atoms with E-state index in [4.69, 9.17) is 0 Å². The van der Waals surface area contributed by atoms with Crippen LogP contribution in [0.15, 0.2) is 0 Å². The summed E-state index contributed by atoms with van der Waals surface area (Å²) >= 11 is 0. The van der Waals surface area contributed by atoms with Crippen molar-refractivity contribution in [3.8, 4) is 0 Å². The van der Waals surface area contributed by atoms with Gasteiger partial charge in [0.05, 0.1) is 0 Å². The van der Waals surface area contributed by atoms with Crippen LogP contribution in [-0.2, 0) is 0 Å². The van der Waals surface area contributed by atoms with Gasteiger partial charge in [-0.3, -0.25) is 4.90 Å². The molecule has 11 heavy (non-hydrogen) atoms. The molecule has 0 amide bonds. The average Bonchev–Trinajstić information content (AvgIpc) is 2.18. The zero-order valence-electron chi connectivity index (χ0n) is 8.30. The molecule has 0 bridgehead atoms. The van der Waals surface area contributed by atoms with E-state index >= 15 is 0 Å². The number of rotatable bonds is 2. The van der Waals surface area contributed by atoms with Crippen molar-refractivity contribution in [3.05, 3.63) is 0 Å². The van der Waals surface area contributed by atoms with E-state index in [1.807, 2.05) is 0 Å². The lowest BCUT2D eigenvalue weighted by Gasteiger charge is -2.27. The van der Waals surface area contributed by atoms with Crippen molar-refractivity contribution in [1.29, 1.82) is 0 Å². The molecule has 0 N–H and O–H groups in total. The lowest BCUT2D eigenvalue weighted by atomic mass is 10.2. The van der Waals surface area contributed by atoms with Gasteiger partial charge in [-0.2, -0.15) is 0 Å². The van der Waals surface area contributed by atoms with Gasteiger partial charge < -0.3 is 0 Å². The van der Waals surface area contributed by atoms with E-state index in [0.29, 0.717) is 0 Å². The number of hydrogen-bond acceptors (Lipinski definition) is 1. The quantitative estimate of drug-likeness (QED) is 0.592. The first-order chi connectivity index (χ1) is 5.11. The Hall–Kier alpha value is -0.0400. The Morgan fingerprint density at radius 3 is 2.00 bits per heavy atom. The Kier molecular flexibility index (Phi) is 2.94. The predicted octanol–water partition coefficient (Wildman–Crippen LogP) is 2.52. The van der Waals surface area contributed by atoms with Gasteiger partial charge >= 0.3 is 0 Å². The molecular formula is C10H21N. The minimum atomic E-state index is 0.818. The largest absolute Gasteiger partial charge is 0.298 e. The van der Waals surface area contributed by atoms with Crippen LogP contribution in [0.5, 0.6) is 0 Å². The molecule has 0 aromatic carbocycles. The Balaban J connectivity index is 2.41. The van der Waals surface area contributed by atoms with Gasteiger partial charge in [-0.25, -0.2) is 0 Å². The van der Waals surface area contributed by atoms with Gasteiger partial charge in [-0.05, 0) is 32.6 Å². The molecule has 1 heteroatoms. The Morgan fingerprint density at radius 1 is 1.18 bits per heavy atom. The van der Waals surface area contributed by atoms with Crippen LogP contribution in [-0.4, -0.2) is 23.5 Å². The Labute approximate surface area is 70.8 Å². The normalized spacial score (nSPS) is 33.5. The van der Waals surface area contributed by atoms with Crippen LogP contribution in [0.3, 0.4) is 0 Å². The van der Waals surface area contributed by atoms with E-state index in [1.165, 1.54) is 19.4 Å². The molecule has 2 atom stereocenters. The summed E-state index contributed by atoms with van der Waals surface area (Å²) in [5.41, 5.74) is 0. The molecule has 0 saturated carbocycles. The van der Waals surface area contributed by atoms with E-state index in [2.05, 4.69) is 32.6 Å². The maximum atomic E-state index is 2.64. The van der Waals surface area contributed by atoms with Crippen molar-refractivity contribution >= 4 is 0 Å². The SMILES string of the molecule is CC(C)CN1C(C)CCC1C. The molecule has 1 saturated heterocycles. The minimum Gasteiger partial charge on any atom is -0.298 e. The molecule has 0 aromatic heterocycles. The topological polar surface area (TPSA) is 3.24 Å². The van der Waals surface area contributed by atoms with E-state index in [9.17, 15) is 0 Å². The minimum absolute atomic E-state index is 0.818. The highest BCUT2D eigenvalue weighted by molar-refractivity contribution is 4.82. The van der Waals surface area contributed by atoms with Crippen LogP contribution >= 0.6 is 0 Å². The highest BCUT2D eigenvalue weighted by atomic mass is 15.2. The molecule has 1 nitrogen and oxygen atoms in total. The second kappa shape index (κ2) is 3.57. The number of likely N-dealkylation sites (tertiary alicyclic amines) is 1. The van der Waals surface area contributed by atoms with Crippen molar-refractivity contribution in [2.75, 3.05) is 6.54 Å². The lowest BCUT2D eigenvalue weighted by Crippen LogP contribution is -2.35. The smallest absolute Gasteiger partial charge is 0.00704 e. The van der Waals surface area contributed by atoms with Crippen molar-refractivity contribution in [1.82, 2.24) is 4.90 Å². The third-order valence-electron chi connectivity index (χ3n) is 2.71. The molecule has 66 valence electrons. The first-order valence-electron chi connectivity index (χ1n) is 4.87. The zero-order chi connectivity index (χ0) is 8.43. The summed E-state index contributed by atoms with van der Waals surface area (Å²) in [6.45, 7) is 10.6. The predicted molar refractivity (Wildman–Crippen MR) is 49.7 cm³/mol. The highest BCUT2D eigenvalue weighted by Crippen LogP contribution is 2.23. The van der Waals surface area contributed by atoms with Gasteiger partial charge in [-0.15, -0.1) is 0 Å². The van der Waals surface area contributed by atoms with Crippen LogP contribution < -0.4 is 0 Å². The maximum Gasteiger partial charge on any atom is 0.00704 e. The highest BCUT2D eigenvalue weighted by Gasteiger charge is 2.26. The van der Waals surface area contributed by atoms with Crippen molar-refractivity contribution in [3.63, 3.8) is 0 Å². The van der Waals surface area contributed by atoms with Crippen molar-refractivity contribution in [2.45, 2.75) is 52.6 Å². The molecule has 1 fully saturated rings. The van der Waals surface area contributed by atoms with Crippen LogP contribution in [0.4, 0.5) is 0 Å². The fourth-order valence-electron chi connectivity index (χ4n) is 2.03. The zero-order valence-corrected chi connectivity index (χ0v) is 8.30. The summed E-state index contributed by atoms with van der Waals surface area (Å²) in [7, 11) is 0. The second-order valence-electron chi connectivity index (χ2n) is 4.37. The van der Waals surface area contributed by atoms with Gasteiger partial charge in [0.15, 0.2) is 0 Å². The molecule has 1 aliphatic heterocycles. The standard InChI is InChI=1S/C10H21N/c1-8(2)7-11-9(3)5-6-10(11)4/h8-10H,5-7H2,1-4H3. The number of nitrogens with zero attached hydrogens (tertiary/aromatic N) is 1. The second-order valence-corrected chi connectivity index (χ2v) is 4.37. The number of hydrogen-bond donors (Lipinski definition) is 0. The summed E-state index contributed by atoms with van der Waals surface area (Å²) in [5.74, 6) is 0.818. The van der Waals surface area contributed by atoms with E-state index in [0.717, 1.165) is 18.0 Å². The Bertz CT molecular complexity index is 110. The molecule has 1 rings (SSSR count). The molecule has 1 heterocycles. The van der Waals surface area contributed by atoms with Crippen LogP contribution in [0.1, 0.15) is 40.5 Å². The fraction of sp³-hybridized carbons (Fsp3) is 1.00. The van der Waals surface area contributed by atoms with E-state index < -0.39 is 0 Å². The fourth-order valence-corrected chi connectivity index (χ4v) is 2.03. The molecule has 1 aliphatic rings. The summed E-state index contributed by atoms with van der Waals surface area (Å²) in [5, 5.41) is 0. The first kappa shape index (κ1) is 9.05. The van der Waals surface area contributed by atoms with Gasteiger partial charge in [0.1, 0.15) is 0 Å².